The Morgan fingerprint density at radius 2 is 2.00 bits per heavy atom. The molecule has 0 spiro atoms. The summed E-state index contributed by atoms with van der Waals surface area (Å²) in [6, 6.07) is 6.96. The van der Waals surface area contributed by atoms with Crippen molar-refractivity contribution in [3.05, 3.63) is 54.4 Å². The number of aliphatic hydroxyl groups is 1. The minimum atomic E-state index is -4.59. The molecule has 214 valence electrons. The second-order valence-electron chi connectivity index (χ2n) is 10.8. The van der Waals surface area contributed by atoms with Gasteiger partial charge in [-0.1, -0.05) is 0 Å². The van der Waals surface area contributed by atoms with Crippen molar-refractivity contribution in [3.63, 3.8) is 0 Å². The van der Waals surface area contributed by atoms with E-state index >= 15 is 0 Å². The standard InChI is InChI=1S/C28H29F3N8O2/c29-28(30,31)23-11-18(4-10-40)12-24(37-23)41-21-2-8-38(9-3-21)20-13-27(14-20,5-6-32)39-16-19(15-36-39)25-22-1-7-33-26(22)35-17-34-25/h1,7,11-12,15-17,20-21,40H,2-5,8-10,13-14H2,(H,33,34,35)/t20-,27+. The monoisotopic (exact) mass is 566 g/mol. The number of halogens is 3. The quantitative estimate of drug-likeness (QED) is 0.327. The van der Waals surface area contributed by atoms with Gasteiger partial charge in [0.25, 0.3) is 0 Å². The number of ether oxygens (including phenoxy) is 1. The van der Waals surface area contributed by atoms with E-state index in [0.29, 0.717) is 24.8 Å². The number of pyridine rings is 1. The number of H-pyrrole nitrogens is 1. The van der Waals surface area contributed by atoms with Crippen LogP contribution in [0.15, 0.2) is 43.1 Å². The van der Waals surface area contributed by atoms with E-state index in [4.69, 9.17) is 4.74 Å². The van der Waals surface area contributed by atoms with Gasteiger partial charge in [0, 0.05) is 55.1 Å². The van der Waals surface area contributed by atoms with Crippen molar-refractivity contribution in [1.82, 2.24) is 34.6 Å². The van der Waals surface area contributed by atoms with Gasteiger partial charge in [-0.05, 0) is 49.8 Å². The van der Waals surface area contributed by atoms with E-state index in [1.54, 1.807) is 6.20 Å². The lowest BCUT2D eigenvalue weighted by Crippen LogP contribution is -2.58. The van der Waals surface area contributed by atoms with E-state index in [2.05, 4.69) is 36.0 Å². The molecule has 4 aromatic rings. The van der Waals surface area contributed by atoms with Crippen LogP contribution in [-0.2, 0) is 18.1 Å². The second-order valence-corrected chi connectivity index (χ2v) is 10.8. The maximum absolute atomic E-state index is 13.3. The molecule has 1 saturated carbocycles. The molecule has 0 atom stereocenters. The van der Waals surface area contributed by atoms with Gasteiger partial charge in [-0.2, -0.15) is 23.5 Å². The summed E-state index contributed by atoms with van der Waals surface area (Å²) in [7, 11) is 0. The Labute approximate surface area is 233 Å². The van der Waals surface area contributed by atoms with E-state index in [-0.39, 0.29) is 31.1 Å². The van der Waals surface area contributed by atoms with Crippen LogP contribution in [0.5, 0.6) is 5.88 Å². The van der Waals surface area contributed by atoms with Gasteiger partial charge >= 0.3 is 6.18 Å². The van der Waals surface area contributed by atoms with Gasteiger partial charge in [0.1, 0.15) is 23.8 Å². The number of hydrogen-bond acceptors (Lipinski definition) is 8. The molecule has 13 heteroatoms. The summed E-state index contributed by atoms with van der Waals surface area (Å²) >= 11 is 0. The number of alkyl halides is 3. The first-order valence-electron chi connectivity index (χ1n) is 13.6. The molecule has 0 bridgehead atoms. The van der Waals surface area contributed by atoms with Crippen molar-refractivity contribution in [1.29, 1.82) is 5.26 Å². The largest absolute Gasteiger partial charge is 0.474 e. The summed E-state index contributed by atoms with van der Waals surface area (Å²) in [5.74, 6) is -0.0616. The highest BCUT2D eigenvalue weighted by atomic mass is 19.4. The van der Waals surface area contributed by atoms with Crippen LogP contribution < -0.4 is 4.74 Å². The summed E-state index contributed by atoms with van der Waals surface area (Å²) in [5, 5.41) is 24.3. The molecule has 0 aromatic carbocycles. The van der Waals surface area contributed by atoms with Crippen molar-refractivity contribution < 1.29 is 23.0 Å². The highest BCUT2D eigenvalue weighted by Gasteiger charge is 2.49. The normalized spacial score (nSPS) is 22.0. The Hall–Kier alpha value is -4.02. The number of nitrogens with one attached hydrogen (secondary N) is 1. The smallest absolute Gasteiger partial charge is 0.433 e. The lowest BCUT2D eigenvalue weighted by molar-refractivity contribution is -0.141. The second kappa shape index (κ2) is 10.8. The Morgan fingerprint density at radius 1 is 1.20 bits per heavy atom. The zero-order chi connectivity index (χ0) is 28.6. The topological polar surface area (TPSA) is 129 Å². The molecule has 2 aliphatic rings. The minimum absolute atomic E-state index is 0.0616. The number of aromatic amines is 1. The predicted molar refractivity (Wildman–Crippen MR) is 142 cm³/mol. The van der Waals surface area contributed by atoms with Crippen LogP contribution in [-0.4, -0.2) is 71.6 Å². The van der Waals surface area contributed by atoms with Crippen molar-refractivity contribution >= 4 is 11.0 Å². The Bertz CT molecular complexity index is 1560. The van der Waals surface area contributed by atoms with Crippen molar-refractivity contribution in [2.75, 3.05) is 19.7 Å². The number of likely N-dealkylation sites (tertiary alicyclic amines) is 1. The number of nitriles is 1. The van der Waals surface area contributed by atoms with Crippen LogP contribution >= 0.6 is 0 Å². The Morgan fingerprint density at radius 3 is 2.73 bits per heavy atom. The zero-order valence-corrected chi connectivity index (χ0v) is 22.2. The number of hydrogen-bond donors (Lipinski definition) is 2. The zero-order valence-electron chi connectivity index (χ0n) is 22.2. The van der Waals surface area contributed by atoms with E-state index in [0.717, 1.165) is 54.3 Å². The van der Waals surface area contributed by atoms with Gasteiger partial charge in [-0.25, -0.2) is 15.0 Å². The third kappa shape index (κ3) is 5.37. The number of piperidine rings is 1. The van der Waals surface area contributed by atoms with Crippen molar-refractivity contribution in [3.8, 4) is 23.2 Å². The summed E-state index contributed by atoms with van der Waals surface area (Å²) in [6.07, 6.45) is 5.51. The highest BCUT2D eigenvalue weighted by molar-refractivity contribution is 5.90. The molecular weight excluding hydrogens is 537 g/mol. The first-order chi connectivity index (χ1) is 19.8. The van der Waals surface area contributed by atoms with Crippen molar-refractivity contribution in [2.45, 2.75) is 62.4 Å². The molecule has 0 amide bonds. The summed E-state index contributed by atoms with van der Waals surface area (Å²) in [6.45, 7) is 1.21. The molecule has 2 N–H and O–H groups in total. The molecule has 10 nitrogen and oxygen atoms in total. The maximum atomic E-state index is 13.3. The van der Waals surface area contributed by atoms with Crippen LogP contribution in [0.1, 0.15) is 43.4 Å². The molecular formula is C28H29F3N8O2. The van der Waals surface area contributed by atoms with Gasteiger partial charge in [0.2, 0.25) is 5.88 Å². The summed E-state index contributed by atoms with van der Waals surface area (Å²) in [4.78, 5) is 17.8. The minimum Gasteiger partial charge on any atom is -0.474 e. The van der Waals surface area contributed by atoms with Crippen LogP contribution in [0.3, 0.4) is 0 Å². The van der Waals surface area contributed by atoms with Crippen LogP contribution in [0.25, 0.3) is 22.3 Å². The predicted octanol–water partition coefficient (Wildman–Crippen LogP) is 4.08. The third-order valence-corrected chi connectivity index (χ3v) is 8.17. The van der Waals surface area contributed by atoms with Crippen molar-refractivity contribution in [2.24, 2.45) is 0 Å². The fraction of sp³-hybridized carbons (Fsp3) is 0.464. The van der Waals surface area contributed by atoms with Gasteiger partial charge < -0.3 is 14.8 Å². The Kier molecular flexibility index (Phi) is 7.13. The average molecular weight is 567 g/mol. The van der Waals surface area contributed by atoms with Gasteiger partial charge in [-0.15, -0.1) is 0 Å². The molecule has 5 heterocycles. The molecule has 4 aromatic heterocycles. The molecule has 1 aliphatic heterocycles. The number of fused-ring (bicyclic) bond motifs is 1. The van der Waals surface area contributed by atoms with Gasteiger partial charge in [0.15, 0.2) is 0 Å². The highest BCUT2D eigenvalue weighted by Crippen LogP contribution is 2.45. The maximum Gasteiger partial charge on any atom is 0.433 e. The molecule has 0 radical (unpaired) electrons. The lowest BCUT2D eigenvalue weighted by atomic mass is 9.69. The fourth-order valence-electron chi connectivity index (χ4n) is 6.01. The number of aromatic nitrogens is 6. The number of aliphatic hydroxyl groups excluding tert-OH is 1. The van der Waals surface area contributed by atoms with E-state index in [9.17, 15) is 23.5 Å². The average Bonchev–Trinajstić information content (AvgIpc) is 3.61. The van der Waals surface area contributed by atoms with Crippen LogP contribution in [0.4, 0.5) is 13.2 Å². The van der Waals surface area contributed by atoms with Gasteiger partial charge in [-0.3, -0.25) is 9.58 Å². The van der Waals surface area contributed by atoms with Gasteiger partial charge in [0.05, 0.1) is 29.9 Å². The lowest BCUT2D eigenvalue weighted by Gasteiger charge is -2.52. The first-order valence-corrected chi connectivity index (χ1v) is 13.6. The van der Waals surface area contributed by atoms with E-state index in [1.807, 2.05) is 23.1 Å². The number of nitrogens with zero attached hydrogens (tertiary/aromatic N) is 7. The summed E-state index contributed by atoms with van der Waals surface area (Å²) in [5.41, 5.74) is 1.32. The number of rotatable bonds is 8. The molecule has 0 unspecified atom stereocenters. The fourth-order valence-corrected chi connectivity index (χ4v) is 6.01. The third-order valence-electron chi connectivity index (χ3n) is 8.17. The molecule has 41 heavy (non-hydrogen) atoms. The molecule has 2 fully saturated rings. The van der Waals surface area contributed by atoms with Crippen LogP contribution in [0, 0.1) is 11.3 Å². The SMILES string of the molecule is N#CC[C@]1(n2cc(-c3ncnc4[nH]ccc34)cn2)C[C@@H](N2CCC(Oc3cc(CCO)cc(C(F)(F)F)n3)CC2)C1. The molecule has 1 saturated heterocycles. The Balaban J connectivity index is 1.09. The summed E-state index contributed by atoms with van der Waals surface area (Å²) < 4.78 is 47.7. The van der Waals surface area contributed by atoms with E-state index in [1.165, 1.54) is 12.4 Å². The molecule has 1 aliphatic carbocycles. The van der Waals surface area contributed by atoms with Crippen LogP contribution in [0.2, 0.25) is 0 Å². The first kappa shape index (κ1) is 27.2. The van der Waals surface area contributed by atoms with E-state index < -0.39 is 17.4 Å². The molecule has 6 rings (SSSR count).